The van der Waals surface area contributed by atoms with Gasteiger partial charge in [-0.05, 0) is 6.42 Å². The van der Waals surface area contributed by atoms with E-state index in [4.69, 9.17) is 9.84 Å². The molecule has 0 amide bonds. The van der Waals surface area contributed by atoms with E-state index >= 15 is 0 Å². The van der Waals surface area contributed by atoms with Gasteiger partial charge in [-0.15, -0.1) is 0 Å². The third kappa shape index (κ3) is 2.93. The van der Waals surface area contributed by atoms with Crippen molar-refractivity contribution in [2.24, 2.45) is 0 Å². The summed E-state index contributed by atoms with van der Waals surface area (Å²) in [5.74, 6) is -1.67. The molecule has 0 spiro atoms. The summed E-state index contributed by atoms with van der Waals surface area (Å²) in [5, 5.41) is 28.2. The van der Waals surface area contributed by atoms with E-state index < -0.39 is 29.1 Å². The quantitative estimate of drug-likeness (QED) is 0.449. The molecule has 0 bridgehead atoms. The standard InChI is InChI=1S/C7H13NO6/c1-3-4(14-2)6(9)5(7(10)11)8(12)13/h4-6,9H,3H2,1-2H3,(H,10,11). The van der Waals surface area contributed by atoms with Gasteiger partial charge in [-0.3, -0.25) is 10.1 Å². The van der Waals surface area contributed by atoms with Crippen molar-refractivity contribution >= 4 is 5.97 Å². The fraction of sp³-hybridized carbons (Fsp3) is 0.857. The number of aliphatic carboxylic acids is 1. The molecule has 0 aliphatic heterocycles. The Morgan fingerprint density at radius 3 is 2.36 bits per heavy atom. The largest absolute Gasteiger partial charge is 0.476 e. The maximum atomic E-state index is 10.5. The zero-order valence-electron chi connectivity index (χ0n) is 7.91. The number of aliphatic hydroxyl groups excluding tert-OH is 1. The van der Waals surface area contributed by atoms with E-state index in [2.05, 4.69) is 0 Å². The van der Waals surface area contributed by atoms with E-state index in [1.54, 1.807) is 6.92 Å². The minimum absolute atomic E-state index is 0.301. The second-order valence-electron chi connectivity index (χ2n) is 2.74. The molecule has 0 fully saturated rings. The summed E-state index contributed by atoms with van der Waals surface area (Å²) in [7, 11) is 1.26. The average Bonchev–Trinajstić information content (AvgIpc) is 2.04. The Kier molecular flexibility index (Phi) is 5.03. The van der Waals surface area contributed by atoms with Crippen LogP contribution in [0.25, 0.3) is 0 Å². The van der Waals surface area contributed by atoms with Crippen LogP contribution in [0.3, 0.4) is 0 Å². The lowest BCUT2D eigenvalue weighted by molar-refractivity contribution is -0.524. The number of ether oxygens (including phenoxy) is 1. The number of nitro groups is 1. The van der Waals surface area contributed by atoms with Crippen molar-refractivity contribution in [3.8, 4) is 0 Å². The molecular formula is C7H13NO6. The second-order valence-corrected chi connectivity index (χ2v) is 2.74. The summed E-state index contributed by atoms with van der Waals surface area (Å²) in [6, 6.07) is -2.04. The lowest BCUT2D eigenvalue weighted by Gasteiger charge is -2.20. The van der Waals surface area contributed by atoms with Crippen LogP contribution in [0.2, 0.25) is 0 Å². The van der Waals surface area contributed by atoms with Crippen LogP contribution in [0.4, 0.5) is 0 Å². The van der Waals surface area contributed by atoms with Crippen molar-refractivity contribution in [2.75, 3.05) is 7.11 Å². The summed E-state index contributed by atoms with van der Waals surface area (Å²) in [4.78, 5) is 19.8. The van der Waals surface area contributed by atoms with Gasteiger partial charge >= 0.3 is 12.0 Å². The third-order valence-corrected chi connectivity index (χ3v) is 1.89. The Labute approximate surface area is 80.4 Å². The van der Waals surface area contributed by atoms with Gasteiger partial charge in [-0.1, -0.05) is 6.92 Å². The number of carboxylic acids is 1. The van der Waals surface area contributed by atoms with Crippen molar-refractivity contribution in [3.05, 3.63) is 10.1 Å². The molecule has 0 heterocycles. The summed E-state index contributed by atoms with van der Waals surface area (Å²) in [6.45, 7) is 1.64. The molecule has 3 atom stereocenters. The normalized spacial score (nSPS) is 17.1. The molecule has 2 N–H and O–H groups in total. The molecule has 0 saturated heterocycles. The summed E-state index contributed by atoms with van der Waals surface area (Å²) in [6.07, 6.45) is -2.19. The number of nitrogens with zero attached hydrogens (tertiary/aromatic N) is 1. The highest BCUT2D eigenvalue weighted by Crippen LogP contribution is 2.10. The topological polar surface area (TPSA) is 110 Å². The number of carboxylic acid groups (broad SMARTS) is 1. The minimum Gasteiger partial charge on any atom is -0.476 e. The number of aliphatic hydroxyl groups is 1. The first-order chi connectivity index (χ1) is 6.45. The van der Waals surface area contributed by atoms with Gasteiger partial charge in [0.1, 0.15) is 0 Å². The first-order valence-electron chi connectivity index (χ1n) is 4.02. The molecule has 7 nitrogen and oxygen atoms in total. The maximum Gasteiger partial charge on any atom is 0.382 e. The number of hydrogen-bond acceptors (Lipinski definition) is 5. The third-order valence-electron chi connectivity index (χ3n) is 1.89. The zero-order chi connectivity index (χ0) is 11.3. The highest BCUT2D eigenvalue weighted by molar-refractivity contribution is 5.72. The maximum absolute atomic E-state index is 10.5. The van der Waals surface area contributed by atoms with Crippen LogP contribution < -0.4 is 0 Å². The molecule has 0 rings (SSSR count). The molecule has 82 valence electrons. The number of hydrogen-bond donors (Lipinski definition) is 2. The van der Waals surface area contributed by atoms with Crippen LogP contribution in [0.15, 0.2) is 0 Å². The number of rotatable bonds is 6. The van der Waals surface area contributed by atoms with Gasteiger partial charge in [0.15, 0.2) is 6.10 Å². The fourth-order valence-corrected chi connectivity index (χ4v) is 1.11. The summed E-state index contributed by atoms with van der Waals surface area (Å²) in [5.41, 5.74) is 0. The Morgan fingerprint density at radius 1 is 1.64 bits per heavy atom. The smallest absolute Gasteiger partial charge is 0.382 e. The van der Waals surface area contributed by atoms with Gasteiger partial charge in [-0.25, -0.2) is 4.79 Å². The molecule has 3 unspecified atom stereocenters. The van der Waals surface area contributed by atoms with Crippen molar-refractivity contribution in [2.45, 2.75) is 31.6 Å². The van der Waals surface area contributed by atoms with Crippen molar-refractivity contribution in [3.63, 3.8) is 0 Å². The Bertz CT molecular complexity index is 200. The molecule has 0 radical (unpaired) electrons. The number of carbonyl (C=O) groups is 1. The first-order valence-corrected chi connectivity index (χ1v) is 4.02. The monoisotopic (exact) mass is 207 g/mol. The Balaban J connectivity index is 4.66. The van der Waals surface area contributed by atoms with E-state index in [1.807, 2.05) is 0 Å². The lowest BCUT2D eigenvalue weighted by atomic mass is 10.0. The van der Waals surface area contributed by atoms with Crippen molar-refractivity contribution in [1.82, 2.24) is 0 Å². The summed E-state index contributed by atoms with van der Waals surface area (Å²) >= 11 is 0. The van der Waals surface area contributed by atoms with E-state index in [0.29, 0.717) is 6.42 Å². The lowest BCUT2D eigenvalue weighted by Crippen LogP contribution is -2.47. The average molecular weight is 207 g/mol. The van der Waals surface area contributed by atoms with Crippen LogP contribution in [0.5, 0.6) is 0 Å². The van der Waals surface area contributed by atoms with Gasteiger partial charge in [-0.2, -0.15) is 0 Å². The Morgan fingerprint density at radius 2 is 2.14 bits per heavy atom. The highest BCUT2D eigenvalue weighted by atomic mass is 16.6. The van der Waals surface area contributed by atoms with Gasteiger partial charge in [0.2, 0.25) is 0 Å². The molecule has 0 aliphatic rings. The molecule has 0 aromatic rings. The first kappa shape index (κ1) is 12.8. The molecular weight excluding hydrogens is 194 g/mol. The van der Waals surface area contributed by atoms with Gasteiger partial charge in [0, 0.05) is 12.0 Å². The van der Waals surface area contributed by atoms with Crippen LogP contribution in [-0.4, -0.2) is 46.5 Å². The van der Waals surface area contributed by atoms with Gasteiger partial charge in [0.05, 0.1) is 6.10 Å². The van der Waals surface area contributed by atoms with E-state index in [0.717, 1.165) is 0 Å². The molecule has 0 saturated carbocycles. The van der Waals surface area contributed by atoms with E-state index in [9.17, 15) is 20.0 Å². The van der Waals surface area contributed by atoms with Crippen LogP contribution in [0.1, 0.15) is 13.3 Å². The molecule has 0 aromatic heterocycles. The van der Waals surface area contributed by atoms with Crippen LogP contribution >= 0.6 is 0 Å². The molecule has 14 heavy (non-hydrogen) atoms. The van der Waals surface area contributed by atoms with Crippen molar-refractivity contribution < 1.29 is 24.7 Å². The van der Waals surface area contributed by atoms with E-state index in [1.165, 1.54) is 7.11 Å². The number of methoxy groups -OCH3 is 1. The highest BCUT2D eigenvalue weighted by Gasteiger charge is 2.41. The van der Waals surface area contributed by atoms with Crippen LogP contribution in [0, 0.1) is 10.1 Å². The van der Waals surface area contributed by atoms with Crippen LogP contribution in [-0.2, 0) is 9.53 Å². The predicted molar refractivity (Wildman–Crippen MR) is 45.5 cm³/mol. The van der Waals surface area contributed by atoms with Crippen molar-refractivity contribution in [1.29, 1.82) is 0 Å². The second kappa shape index (κ2) is 5.51. The van der Waals surface area contributed by atoms with E-state index in [-0.39, 0.29) is 0 Å². The fourth-order valence-electron chi connectivity index (χ4n) is 1.11. The molecule has 7 heteroatoms. The van der Waals surface area contributed by atoms with Gasteiger partial charge < -0.3 is 14.9 Å². The predicted octanol–water partition coefficient (Wildman–Crippen LogP) is -0.498. The molecule has 0 aliphatic carbocycles. The van der Waals surface area contributed by atoms with Gasteiger partial charge in [0.25, 0.3) is 0 Å². The zero-order valence-corrected chi connectivity index (χ0v) is 7.91. The SMILES string of the molecule is CCC(OC)C(O)C(C(=O)O)[N+](=O)[O-]. The molecule has 0 aromatic carbocycles. The minimum atomic E-state index is -2.04. The Hall–Kier alpha value is -1.21. The summed E-state index contributed by atoms with van der Waals surface area (Å²) < 4.78 is 4.72.